The number of piperidine rings is 1. The van der Waals surface area contributed by atoms with Crippen LogP contribution in [0.3, 0.4) is 0 Å². The predicted molar refractivity (Wildman–Crippen MR) is 109 cm³/mol. The minimum Gasteiger partial charge on any atom is -0.492 e. The molecule has 4 rings (SSSR count). The van der Waals surface area contributed by atoms with Gasteiger partial charge in [0.25, 0.3) is 0 Å². The Balaban J connectivity index is 1.16. The van der Waals surface area contributed by atoms with Crippen LogP contribution in [0.2, 0.25) is 0 Å². The Hall–Kier alpha value is -2.11. The van der Waals surface area contributed by atoms with Crippen LogP contribution in [0.1, 0.15) is 12.8 Å². The molecular formula is C21H25N3OS. The highest BCUT2D eigenvalue weighted by Gasteiger charge is 2.19. The quantitative estimate of drug-likeness (QED) is 0.667. The Labute approximate surface area is 158 Å². The van der Waals surface area contributed by atoms with E-state index < -0.39 is 0 Å². The Kier molecular flexibility index (Phi) is 5.67. The van der Waals surface area contributed by atoms with Gasteiger partial charge in [-0.05, 0) is 56.1 Å². The number of aromatic nitrogens is 1. The van der Waals surface area contributed by atoms with Gasteiger partial charge in [-0.2, -0.15) is 0 Å². The van der Waals surface area contributed by atoms with Crippen LogP contribution in [0.25, 0.3) is 10.2 Å². The van der Waals surface area contributed by atoms with Gasteiger partial charge < -0.3 is 10.1 Å². The first-order valence-corrected chi connectivity index (χ1v) is 10.2. The lowest BCUT2D eigenvalue weighted by atomic mass is 9.97. The van der Waals surface area contributed by atoms with Gasteiger partial charge in [-0.3, -0.25) is 4.90 Å². The molecule has 1 aliphatic rings. The monoisotopic (exact) mass is 367 g/mol. The van der Waals surface area contributed by atoms with E-state index in [9.17, 15) is 0 Å². The second kappa shape index (κ2) is 8.52. The normalized spacial score (nSPS) is 16.0. The van der Waals surface area contributed by atoms with Crippen LogP contribution in [0, 0.1) is 5.92 Å². The zero-order valence-electron chi connectivity index (χ0n) is 14.9. The molecule has 1 aliphatic heterocycles. The molecule has 26 heavy (non-hydrogen) atoms. The minimum absolute atomic E-state index is 0.730. The van der Waals surface area contributed by atoms with Crippen molar-refractivity contribution in [3.8, 4) is 5.75 Å². The molecule has 1 fully saturated rings. The molecule has 2 aromatic carbocycles. The van der Waals surface area contributed by atoms with Gasteiger partial charge in [0, 0.05) is 13.1 Å². The van der Waals surface area contributed by atoms with Gasteiger partial charge in [0.15, 0.2) is 5.13 Å². The molecule has 0 bridgehead atoms. The number of nitrogens with zero attached hydrogens (tertiary/aromatic N) is 2. The van der Waals surface area contributed by atoms with E-state index in [1.54, 1.807) is 11.3 Å². The van der Waals surface area contributed by atoms with Crippen LogP contribution in [0.5, 0.6) is 5.75 Å². The van der Waals surface area contributed by atoms with E-state index in [0.29, 0.717) is 0 Å². The minimum atomic E-state index is 0.730. The fourth-order valence-electron chi connectivity index (χ4n) is 3.40. The molecular weight excluding hydrogens is 342 g/mol. The van der Waals surface area contributed by atoms with Crippen LogP contribution in [0.4, 0.5) is 5.13 Å². The molecule has 3 aromatic rings. The molecule has 1 saturated heterocycles. The van der Waals surface area contributed by atoms with Crippen molar-refractivity contribution < 1.29 is 4.74 Å². The van der Waals surface area contributed by atoms with E-state index in [-0.39, 0.29) is 0 Å². The number of fused-ring (bicyclic) bond motifs is 1. The Morgan fingerprint density at radius 3 is 2.62 bits per heavy atom. The van der Waals surface area contributed by atoms with Crippen LogP contribution >= 0.6 is 11.3 Å². The highest BCUT2D eigenvalue weighted by molar-refractivity contribution is 7.22. The fourth-order valence-corrected chi connectivity index (χ4v) is 4.28. The molecule has 0 radical (unpaired) electrons. The Bertz CT molecular complexity index is 779. The summed E-state index contributed by atoms with van der Waals surface area (Å²) in [6.07, 6.45) is 2.48. The first-order valence-electron chi connectivity index (χ1n) is 9.36. The summed E-state index contributed by atoms with van der Waals surface area (Å²) < 4.78 is 7.06. The topological polar surface area (TPSA) is 37.4 Å². The molecule has 0 amide bonds. The molecule has 0 aliphatic carbocycles. The van der Waals surface area contributed by atoms with Gasteiger partial charge >= 0.3 is 0 Å². The van der Waals surface area contributed by atoms with Crippen LogP contribution in [-0.2, 0) is 0 Å². The van der Waals surface area contributed by atoms with Gasteiger partial charge in [0.1, 0.15) is 12.4 Å². The summed E-state index contributed by atoms with van der Waals surface area (Å²) in [5, 5.41) is 4.59. The van der Waals surface area contributed by atoms with Crippen molar-refractivity contribution in [2.75, 3.05) is 38.1 Å². The molecule has 5 heteroatoms. The van der Waals surface area contributed by atoms with Gasteiger partial charge in [0.05, 0.1) is 10.2 Å². The Morgan fingerprint density at radius 1 is 1.04 bits per heavy atom. The number of nitrogens with one attached hydrogen (secondary N) is 1. The van der Waals surface area contributed by atoms with Gasteiger partial charge in [-0.15, -0.1) is 0 Å². The number of anilines is 1. The number of hydrogen-bond donors (Lipinski definition) is 1. The highest BCUT2D eigenvalue weighted by atomic mass is 32.1. The van der Waals surface area contributed by atoms with Gasteiger partial charge in [-0.25, -0.2) is 4.98 Å². The van der Waals surface area contributed by atoms with Crippen molar-refractivity contribution in [3.63, 3.8) is 0 Å². The second-order valence-corrected chi connectivity index (χ2v) is 7.84. The SMILES string of the molecule is c1ccc(OCCN2CCC(CNc3nc4ccccc4s3)CC2)cc1. The summed E-state index contributed by atoms with van der Waals surface area (Å²) in [5.41, 5.74) is 1.09. The van der Waals surface area contributed by atoms with Crippen molar-refractivity contribution in [1.82, 2.24) is 9.88 Å². The lowest BCUT2D eigenvalue weighted by Gasteiger charge is -2.31. The molecule has 4 nitrogen and oxygen atoms in total. The zero-order chi connectivity index (χ0) is 17.6. The van der Waals surface area contributed by atoms with Crippen molar-refractivity contribution in [2.24, 2.45) is 5.92 Å². The number of likely N-dealkylation sites (tertiary alicyclic amines) is 1. The molecule has 0 saturated carbocycles. The van der Waals surface area contributed by atoms with Crippen molar-refractivity contribution in [3.05, 3.63) is 54.6 Å². The van der Waals surface area contributed by atoms with E-state index >= 15 is 0 Å². The third-order valence-corrected chi connectivity index (χ3v) is 5.96. The smallest absolute Gasteiger partial charge is 0.183 e. The van der Waals surface area contributed by atoms with E-state index in [2.05, 4.69) is 33.4 Å². The second-order valence-electron chi connectivity index (χ2n) is 6.81. The summed E-state index contributed by atoms with van der Waals surface area (Å²) in [6, 6.07) is 18.4. The van der Waals surface area contributed by atoms with Crippen LogP contribution in [-0.4, -0.2) is 42.7 Å². The van der Waals surface area contributed by atoms with E-state index in [1.807, 2.05) is 36.4 Å². The maximum atomic E-state index is 5.81. The summed E-state index contributed by atoms with van der Waals surface area (Å²) in [7, 11) is 0. The van der Waals surface area contributed by atoms with Crippen molar-refractivity contribution in [2.45, 2.75) is 12.8 Å². The summed E-state index contributed by atoms with van der Waals surface area (Å²) >= 11 is 1.75. The van der Waals surface area contributed by atoms with Crippen molar-refractivity contribution in [1.29, 1.82) is 0 Å². The zero-order valence-corrected chi connectivity index (χ0v) is 15.8. The number of para-hydroxylation sites is 2. The summed E-state index contributed by atoms with van der Waals surface area (Å²) in [6.45, 7) is 5.11. The van der Waals surface area contributed by atoms with Crippen molar-refractivity contribution >= 4 is 26.7 Å². The molecule has 0 atom stereocenters. The number of thiazole rings is 1. The number of ether oxygens (including phenoxy) is 1. The average Bonchev–Trinajstić information content (AvgIpc) is 3.11. The van der Waals surface area contributed by atoms with Gasteiger partial charge in [-0.1, -0.05) is 41.7 Å². The largest absolute Gasteiger partial charge is 0.492 e. The Morgan fingerprint density at radius 2 is 1.81 bits per heavy atom. The number of rotatable bonds is 7. The maximum Gasteiger partial charge on any atom is 0.183 e. The first kappa shape index (κ1) is 17.3. The predicted octanol–water partition coefficient (Wildman–Crippen LogP) is 4.50. The molecule has 1 N–H and O–H groups in total. The fraction of sp³-hybridized carbons (Fsp3) is 0.381. The highest BCUT2D eigenvalue weighted by Crippen LogP contribution is 2.26. The van der Waals surface area contributed by atoms with E-state index in [4.69, 9.17) is 4.74 Å². The standard InChI is InChI=1S/C21H25N3OS/c1-2-6-18(7-3-1)25-15-14-24-12-10-17(11-13-24)16-22-21-23-19-8-4-5-9-20(19)26-21/h1-9,17H,10-16H2,(H,22,23). The van der Waals surface area contributed by atoms with Crippen LogP contribution in [0.15, 0.2) is 54.6 Å². The lowest BCUT2D eigenvalue weighted by Crippen LogP contribution is -2.38. The molecule has 0 unspecified atom stereocenters. The first-order chi connectivity index (χ1) is 12.9. The summed E-state index contributed by atoms with van der Waals surface area (Å²) in [4.78, 5) is 7.17. The number of hydrogen-bond acceptors (Lipinski definition) is 5. The summed E-state index contributed by atoms with van der Waals surface area (Å²) in [5.74, 6) is 1.69. The van der Waals surface area contributed by atoms with E-state index in [1.165, 1.54) is 17.5 Å². The van der Waals surface area contributed by atoms with E-state index in [0.717, 1.165) is 55.1 Å². The third-order valence-electron chi connectivity index (χ3n) is 4.96. The van der Waals surface area contributed by atoms with Crippen LogP contribution < -0.4 is 10.1 Å². The molecule has 0 spiro atoms. The average molecular weight is 368 g/mol. The molecule has 136 valence electrons. The molecule has 2 heterocycles. The van der Waals surface area contributed by atoms with Gasteiger partial charge in [0.2, 0.25) is 0 Å². The lowest BCUT2D eigenvalue weighted by molar-refractivity contribution is 0.158. The third kappa shape index (κ3) is 4.54. The number of benzene rings is 2. The molecule has 1 aromatic heterocycles. The maximum absolute atomic E-state index is 5.81.